The number of aromatic nitrogens is 2. The maximum Gasteiger partial charge on any atom is 0.272 e. The van der Waals surface area contributed by atoms with Crippen LogP contribution in [0.1, 0.15) is 15.5 Å². The minimum Gasteiger partial charge on any atom is -0.334 e. The van der Waals surface area contributed by atoms with Crippen molar-refractivity contribution in [2.75, 3.05) is 7.05 Å². The van der Waals surface area contributed by atoms with Gasteiger partial charge in [0.15, 0.2) is 0 Å². The van der Waals surface area contributed by atoms with Crippen LogP contribution < -0.4 is 0 Å². The predicted octanol–water partition coefficient (Wildman–Crippen LogP) is 3.73. The summed E-state index contributed by atoms with van der Waals surface area (Å²) in [5.41, 5.74) is 1.40. The number of thiazole rings is 1. The molecule has 6 heteroatoms. The molecule has 0 atom stereocenters. The average molecular weight is 362 g/mol. The number of hydrogen-bond donors (Lipinski definition) is 0. The molecule has 2 heterocycles. The Morgan fingerprint density at radius 2 is 2.10 bits per heavy atom. The molecule has 0 fully saturated rings. The first-order valence-electron chi connectivity index (χ1n) is 6.35. The van der Waals surface area contributed by atoms with E-state index < -0.39 is 0 Å². The van der Waals surface area contributed by atoms with Crippen molar-refractivity contribution in [3.63, 3.8) is 0 Å². The summed E-state index contributed by atoms with van der Waals surface area (Å²) >= 11 is 4.92. The molecule has 0 aliphatic carbocycles. The van der Waals surface area contributed by atoms with Gasteiger partial charge in [-0.15, -0.1) is 11.3 Å². The van der Waals surface area contributed by atoms with Gasteiger partial charge in [-0.3, -0.25) is 4.79 Å². The first-order valence-corrected chi connectivity index (χ1v) is 7.96. The molecule has 0 saturated heterocycles. The van der Waals surface area contributed by atoms with Gasteiger partial charge in [0.25, 0.3) is 5.91 Å². The molecule has 0 spiro atoms. The molecule has 1 aromatic carbocycles. The monoisotopic (exact) mass is 361 g/mol. The van der Waals surface area contributed by atoms with Crippen molar-refractivity contribution in [1.29, 1.82) is 0 Å². The van der Waals surface area contributed by atoms with E-state index in [1.165, 1.54) is 0 Å². The number of amides is 1. The number of fused-ring (bicyclic) bond motifs is 1. The van der Waals surface area contributed by atoms with Crippen LogP contribution >= 0.6 is 27.3 Å². The summed E-state index contributed by atoms with van der Waals surface area (Å²) < 4.78 is 1.99. The average Bonchev–Trinajstić information content (AvgIpc) is 2.89. The van der Waals surface area contributed by atoms with Crippen LogP contribution in [-0.2, 0) is 6.54 Å². The lowest BCUT2D eigenvalue weighted by Gasteiger charge is -2.14. The van der Waals surface area contributed by atoms with Gasteiger partial charge in [0.2, 0.25) is 0 Å². The number of hydrogen-bond acceptors (Lipinski definition) is 4. The number of pyridine rings is 1. The van der Waals surface area contributed by atoms with Crippen LogP contribution in [0.2, 0.25) is 0 Å². The Morgan fingerprint density at radius 3 is 2.81 bits per heavy atom. The zero-order valence-electron chi connectivity index (χ0n) is 11.3. The van der Waals surface area contributed by atoms with Crippen molar-refractivity contribution < 1.29 is 4.79 Å². The van der Waals surface area contributed by atoms with Gasteiger partial charge in [0, 0.05) is 17.7 Å². The lowest BCUT2D eigenvalue weighted by molar-refractivity contribution is 0.0779. The Labute approximate surface area is 134 Å². The number of benzene rings is 1. The first kappa shape index (κ1) is 14.2. The van der Waals surface area contributed by atoms with Gasteiger partial charge in [0.1, 0.15) is 10.7 Å². The van der Waals surface area contributed by atoms with Gasteiger partial charge in [-0.05, 0) is 40.2 Å². The molecule has 0 aliphatic heterocycles. The van der Waals surface area contributed by atoms with Crippen LogP contribution in [0, 0.1) is 0 Å². The summed E-state index contributed by atoms with van der Waals surface area (Å²) in [7, 11) is 1.76. The Balaban J connectivity index is 1.77. The zero-order chi connectivity index (χ0) is 14.8. The third kappa shape index (κ3) is 3.11. The molecule has 0 bridgehead atoms. The molecule has 21 heavy (non-hydrogen) atoms. The van der Waals surface area contributed by atoms with Gasteiger partial charge in [-0.25, -0.2) is 9.97 Å². The topological polar surface area (TPSA) is 46.1 Å². The van der Waals surface area contributed by atoms with E-state index in [1.807, 2.05) is 30.3 Å². The summed E-state index contributed by atoms with van der Waals surface area (Å²) in [6.45, 7) is 0.482. The molecule has 0 saturated carbocycles. The molecular formula is C15H12BrN3OS. The molecule has 0 aliphatic rings. The second-order valence-corrected chi connectivity index (χ2v) is 6.63. The summed E-state index contributed by atoms with van der Waals surface area (Å²) in [4.78, 5) is 22.6. The third-order valence-corrected chi connectivity index (χ3v) is 4.49. The number of para-hydroxylation sites is 1. The minimum atomic E-state index is -0.109. The highest BCUT2D eigenvalue weighted by Gasteiger charge is 2.15. The fourth-order valence-electron chi connectivity index (χ4n) is 1.96. The van der Waals surface area contributed by atoms with Crippen LogP contribution in [0.15, 0.2) is 47.1 Å². The molecule has 106 valence electrons. The second kappa shape index (κ2) is 5.91. The van der Waals surface area contributed by atoms with E-state index in [4.69, 9.17) is 0 Å². The Morgan fingerprint density at radius 1 is 1.29 bits per heavy atom. The van der Waals surface area contributed by atoms with E-state index in [0.717, 1.165) is 19.7 Å². The summed E-state index contributed by atoms with van der Waals surface area (Å²) in [6.07, 6.45) is 1.62. The Kier molecular flexibility index (Phi) is 3.98. The van der Waals surface area contributed by atoms with E-state index in [2.05, 4.69) is 25.9 Å². The van der Waals surface area contributed by atoms with Crippen LogP contribution in [0.4, 0.5) is 0 Å². The van der Waals surface area contributed by atoms with E-state index >= 15 is 0 Å². The molecule has 3 aromatic rings. The molecule has 2 aromatic heterocycles. The largest absolute Gasteiger partial charge is 0.334 e. The molecule has 3 rings (SSSR count). The van der Waals surface area contributed by atoms with E-state index in [-0.39, 0.29) is 5.91 Å². The SMILES string of the molecule is CN(Cc1nc2ccccc2s1)C(=O)c1ccc(Br)cn1. The lowest BCUT2D eigenvalue weighted by Crippen LogP contribution is -2.26. The molecule has 0 unspecified atom stereocenters. The van der Waals surface area contributed by atoms with Gasteiger partial charge in [0.05, 0.1) is 16.8 Å². The van der Waals surface area contributed by atoms with Crippen molar-refractivity contribution in [2.45, 2.75) is 6.54 Å². The molecule has 0 N–H and O–H groups in total. The van der Waals surface area contributed by atoms with E-state index in [0.29, 0.717) is 12.2 Å². The van der Waals surface area contributed by atoms with Crippen molar-refractivity contribution in [3.8, 4) is 0 Å². The highest BCUT2D eigenvalue weighted by Crippen LogP contribution is 2.22. The maximum absolute atomic E-state index is 12.3. The summed E-state index contributed by atoms with van der Waals surface area (Å²) in [5.74, 6) is -0.109. The van der Waals surface area contributed by atoms with Gasteiger partial charge < -0.3 is 4.90 Å². The van der Waals surface area contributed by atoms with Gasteiger partial charge in [-0.2, -0.15) is 0 Å². The fourth-order valence-corrected chi connectivity index (χ4v) is 3.22. The number of carbonyl (C=O) groups is 1. The fraction of sp³-hybridized carbons (Fsp3) is 0.133. The normalized spacial score (nSPS) is 10.8. The maximum atomic E-state index is 12.3. The minimum absolute atomic E-state index is 0.109. The molecule has 4 nitrogen and oxygen atoms in total. The van der Waals surface area contributed by atoms with Crippen LogP contribution in [-0.4, -0.2) is 27.8 Å². The quantitative estimate of drug-likeness (QED) is 0.713. The standard InChI is InChI=1S/C15H12BrN3OS/c1-19(15(20)12-7-6-10(16)8-17-12)9-14-18-11-4-2-3-5-13(11)21-14/h2-8H,9H2,1H3. The Bertz CT molecular complexity index is 752. The van der Waals surface area contributed by atoms with Crippen LogP contribution in [0.3, 0.4) is 0 Å². The molecule has 1 amide bonds. The lowest BCUT2D eigenvalue weighted by atomic mass is 10.3. The molecular weight excluding hydrogens is 350 g/mol. The number of rotatable bonds is 3. The number of halogens is 1. The van der Waals surface area contributed by atoms with Crippen molar-refractivity contribution >= 4 is 43.4 Å². The summed E-state index contributed by atoms with van der Waals surface area (Å²) in [6, 6.07) is 11.5. The Hall–Kier alpha value is -1.79. The number of nitrogens with zero attached hydrogens (tertiary/aromatic N) is 3. The van der Waals surface area contributed by atoms with Crippen molar-refractivity contribution in [3.05, 3.63) is 57.8 Å². The third-order valence-electron chi connectivity index (χ3n) is 3.00. The molecule has 0 radical (unpaired) electrons. The van der Waals surface area contributed by atoms with Crippen molar-refractivity contribution in [1.82, 2.24) is 14.9 Å². The predicted molar refractivity (Wildman–Crippen MR) is 87.4 cm³/mol. The highest BCUT2D eigenvalue weighted by molar-refractivity contribution is 9.10. The van der Waals surface area contributed by atoms with E-state index in [9.17, 15) is 4.79 Å². The second-order valence-electron chi connectivity index (χ2n) is 4.60. The van der Waals surface area contributed by atoms with Gasteiger partial charge in [-0.1, -0.05) is 12.1 Å². The summed E-state index contributed by atoms with van der Waals surface area (Å²) in [5, 5.41) is 0.921. The van der Waals surface area contributed by atoms with Crippen LogP contribution in [0.5, 0.6) is 0 Å². The van der Waals surface area contributed by atoms with Crippen LogP contribution in [0.25, 0.3) is 10.2 Å². The van der Waals surface area contributed by atoms with Crippen molar-refractivity contribution in [2.24, 2.45) is 0 Å². The van der Waals surface area contributed by atoms with E-state index in [1.54, 1.807) is 35.5 Å². The first-order chi connectivity index (χ1) is 10.1. The zero-order valence-corrected chi connectivity index (χ0v) is 13.7. The van der Waals surface area contributed by atoms with Gasteiger partial charge >= 0.3 is 0 Å². The smallest absolute Gasteiger partial charge is 0.272 e. The number of carbonyl (C=O) groups excluding carboxylic acids is 1. The highest BCUT2D eigenvalue weighted by atomic mass is 79.9.